The van der Waals surface area contributed by atoms with Crippen LogP contribution in [0.5, 0.6) is 0 Å². The van der Waals surface area contributed by atoms with Crippen LogP contribution in [0.3, 0.4) is 0 Å². The lowest BCUT2D eigenvalue weighted by molar-refractivity contribution is 0.0689. The topological polar surface area (TPSA) is 49.3 Å². The average Bonchev–Trinajstić information content (AvgIpc) is 2.77. The van der Waals surface area contributed by atoms with E-state index in [1.807, 2.05) is 55.1 Å². The molecule has 0 N–H and O–H groups in total. The molecule has 0 saturated heterocycles. The zero-order chi connectivity index (χ0) is 20.2. The van der Waals surface area contributed by atoms with E-state index in [0.29, 0.717) is 18.1 Å². The standard InChI is InChI=1S/C24H26N4O/c1-18(2)28(17-19-9-4-3-5-10-19)23(29)21-15-25-24(26-16-21)27-14-8-12-20-11-6-7-13-22(20)27/h3-7,9-11,13,15-16,18H,8,12,14,17H2,1-2H3. The van der Waals surface area contributed by atoms with E-state index in [1.165, 1.54) is 5.56 Å². The molecule has 0 radical (unpaired) electrons. The van der Waals surface area contributed by atoms with Gasteiger partial charge < -0.3 is 9.80 Å². The van der Waals surface area contributed by atoms with Crippen molar-refractivity contribution in [2.75, 3.05) is 11.4 Å². The Morgan fingerprint density at radius 2 is 1.72 bits per heavy atom. The molecule has 1 aliphatic heterocycles. The Bertz CT molecular complexity index is 970. The number of carbonyl (C=O) groups is 1. The fourth-order valence-corrected chi connectivity index (χ4v) is 3.75. The van der Waals surface area contributed by atoms with E-state index in [-0.39, 0.29) is 11.9 Å². The molecule has 0 unspecified atom stereocenters. The number of aromatic nitrogens is 2. The van der Waals surface area contributed by atoms with Crippen molar-refractivity contribution >= 4 is 17.5 Å². The molecule has 1 aromatic heterocycles. The van der Waals surface area contributed by atoms with Crippen LogP contribution in [0.1, 0.15) is 41.8 Å². The first-order valence-electron chi connectivity index (χ1n) is 10.2. The van der Waals surface area contributed by atoms with E-state index >= 15 is 0 Å². The van der Waals surface area contributed by atoms with Gasteiger partial charge in [0.25, 0.3) is 5.91 Å². The molecule has 29 heavy (non-hydrogen) atoms. The van der Waals surface area contributed by atoms with Gasteiger partial charge >= 0.3 is 0 Å². The molecule has 0 spiro atoms. The molecule has 1 aliphatic rings. The van der Waals surface area contributed by atoms with Gasteiger partial charge in [-0.25, -0.2) is 9.97 Å². The maximum atomic E-state index is 13.1. The third kappa shape index (κ3) is 4.14. The van der Waals surface area contributed by atoms with Crippen LogP contribution >= 0.6 is 0 Å². The molecule has 5 nitrogen and oxygen atoms in total. The van der Waals surface area contributed by atoms with E-state index in [0.717, 1.165) is 30.6 Å². The maximum Gasteiger partial charge on any atom is 0.257 e. The Morgan fingerprint density at radius 1 is 1.03 bits per heavy atom. The molecule has 0 aliphatic carbocycles. The summed E-state index contributed by atoms with van der Waals surface area (Å²) in [4.78, 5) is 26.2. The predicted octanol–water partition coefficient (Wildman–Crippen LogP) is 4.61. The molecule has 4 rings (SSSR count). The van der Waals surface area contributed by atoms with E-state index in [4.69, 9.17) is 0 Å². The SMILES string of the molecule is CC(C)N(Cc1ccccc1)C(=O)c1cnc(N2CCCc3ccccc32)nc1. The highest BCUT2D eigenvalue weighted by molar-refractivity contribution is 5.94. The second kappa shape index (κ2) is 8.43. The number of rotatable bonds is 5. The number of carbonyl (C=O) groups excluding carboxylic acids is 1. The van der Waals surface area contributed by atoms with Crippen LogP contribution in [-0.2, 0) is 13.0 Å². The van der Waals surface area contributed by atoms with Crippen molar-refractivity contribution in [3.8, 4) is 0 Å². The van der Waals surface area contributed by atoms with Crippen molar-refractivity contribution in [1.29, 1.82) is 0 Å². The summed E-state index contributed by atoms with van der Waals surface area (Å²) in [5.41, 5.74) is 4.10. The number of fused-ring (bicyclic) bond motifs is 1. The number of hydrogen-bond donors (Lipinski definition) is 0. The van der Waals surface area contributed by atoms with Crippen molar-refractivity contribution in [2.45, 2.75) is 39.3 Å². The summed E-state index contributed by atoms with van der Waals surface area (Å²) in [6.45, 7) is 5.51. The summed E-state index contributed by atoms with van der Waals surface area (Å²) in [6.07, 6.45) is 5.45. The number of aryl methyl sites for hydroxylation is 1. The van der Waals surface area contributed by atoms with Crippen LogP contribution in [-0.4, -0.2) is 33.4 Å². The number of hydrogen-bond acceptors (Lipinski definition) is 4. The van der Waals surface area contributed by atoms with Crippen molar-refractivity contribution < 1.29 is 4.79 Å². The molecule has 2 aromatic carbocycles. The third-order valence-electron chi connectivity index (χ3n) is 5.32. The normalized spacial score (nSPS) is 13.3. The molecule has 1 amide bonds. The minimum absolute atomic E-state index is 0.0468. The quantitative estimate of drug-likeness (QED) is 0.642. The Kier molecular flexibility index (Phi) is 5.56. The molecule has 5 heteroatoms. The molecule has 0 bridgehead atoms. The monoisotopic (exact) mass is 386 g/mol. The Morgan fingerprint density at radius 3 is 2.45 bits per heavy atom. The second-order valence-electron chi connectivity index (χ2n) is 7.67. The van der Waals surface area contributed by atoms with Gasteiger partial charge in [-0.2, -0.15) is 0 Å². The number of benzene rings is 2. The van der Waals surface area contributed by atoms with Crippen molar-refractivity contribution in [3.05, 3.63) is 83.7 Å². The fourth-order valence-electron chi connectivity index (χ4n) is 3.75. The van der Waals surface area contributed by atoms with Gasteiger partial charge in [0.15, 0.2) is 0 Å². The van der Waals surface area contributed by atoms with Crippen molar-refractivity contribution in [3.63, 3.8) is 0 Å². The molecule has 148 valence electrons. The fraction of sp³-hybridized carbons (Fsp3) is 0.292. The molecular formula is C24H26N4O. The second-order valence-corrected chi connectivity index (χ2v) is 7.67. The number of para-hydroxylation sites is 1. The zero-order valence-corrected chi connectivity index (χ0v) is 17.0. The summed E-state index contributed by atoms with van der Waals surface area (Å²) >= 11 is 0. The van der Waals surface area contributed by atoms with Crippen molar-refractivity contribution in [2.24, 2.45) is 0 Å². The lowest BCUT2D eigenvalue weighted by atomic mass is 10.0. The first-order valence-corrected chi connectivity index (χ1v) is 10.2. The van der Waals surface area contributed by atoms with Crippen LogP contribution in [0, 0.1) is 0 Å². The summed E-state index contributed by atoms with van der Waals surface area (Å²) in [6, 6.07) is 18.5. The molecule has 3 aromatic rings. The minimum atomic E-state index is -0.0468. The highest BCUT2D eigenvalue weighted by Crippen LogP contribution is 2.31. The summed E-state index contributed by atoms with van der Waals surface area (Å²) in [5, 5.41) is 0. The van der Waals surface area contributed by atoms with Gasteiger partial charge in [0.1, 0.15) is 0 Å². The Labute approximate surface area is 172 Å². The Hall–Kier alpha value is -3.21. The summed E-state index contributed by atoms with van der Waals surface area (Å²) in [7, 11) is 0. The van der Waals surface area contributed by atoms with E-state index in [2.05, 4.69) is 33.1 Å². The van der Waals surface area contributed by atoms with Gasteiger partial charge in [-0.15, -0.1) is 0 Å². The lowest BCUT2D eigenvalue weighted by Crippen LogP contribution is -2.36. The van der Waals surface area contributed by atoms with Crippen LogP contribution in [0.25, 0.3) is 0 Å². The van der Waals surface area contributed by atoms with Gasteiger partial charge in [-0.1, -0.05) is 48.5 Å². The third-order valence-corrected chi connectivity index (χ3v) is 5.32. The highest BCUT2D eigenvalue weighted by Gasteiger charge is 2.22. The van der Waals surface area contributed by atoms with Crippen LogP contribution < -0.4 is 4.90 Å². The van der Waals surface area contributed by atoms with Gasteiger partial charge in [-0.05, 0) is 43.9 Å². The van der Waals surface area contributed by atoms with E-state index < -0.39 is 0 Å². The van der Waals surface area contributed by atoms with Crippen LogP contribution in [0.15, 0.2) is 67.0 Å². The van der Waals surface area contributed by atoms with Crippen LogP contribution in [0.4, 0.5) is 11.6 Å². The maximum absolute atomic E-state index is 13.1. The van der Waals surface area contributed by atoms with E-state index in [9.17, 15) is 4.79 Å². The van der Waals surface area contributed by atoms with E-state index in [1.54, 1.807) is 12.4 Å². The molecule has 0 fully saturated rings. The molecule has 2 heterocycles. The molecule has 0 atom stereocenters. The van der Waals surface area contributed by atoms with Gasteiger partial charge in [-0.3, -0.25) is 4.79 Å². The molecule has 0 saturated carbocycles. The largest absolute Gasteiger partial charge is 0.332 e. The zero-order valence-electron chi connectivity index (χ0n) is 17.0. The summed E-state index contributed by atoms with van der Waals surface area (Å²) < 4.78 is 0. The lowest BCUT2D eigenvalue weighted by Gasteiger charge is -2.30. The first-order chi connectivity index (χ1) is 14.1. The molecular weight excluding hydrogens is 360 g/mol. The van der Waals surface area contributed by atoms with Gasteiger partial charge in [0, 0.05) is 37.2 Å². The first kappa shape index (κ1) is 19.1. The smallest absolute Gasteiger partial charge is 0.257 e. The predicted molar refractivity (Wildman–Crippen MR) is 115 cm³/mol. The average molecular weight is 386 g/mol. The Balaban J connectivity index is 1.55. The van der Waals surface area contributed by atoms with Crippen molar-refractivity contribution in [1.82, 2.24) is 14.9 Å². The number of amides is 1. The summed E-state index contributed by atoms with van der Waals surface area (Å²) in [5.74, 6) is 0.599. The van der Waals surface area contributed by atoms with Crippen LogP contribution in [0.2, 0.25) is 0 Å². The van der Waals surface area contributed by atoms with Gasteiger partial charge in [0.05, 0.1) is 5.56 Å². The van der Waals surface area contributed by atoms with Gasteiger partial charge in [0.2, 0.25) is 5.95 Å². The number of nitrogens with zero attached hydrogens (tertiary/aromatic N) is 4. The highest BCUT2D eigenvalue weighted by atomic mass is 16.2. The minimum Gasteiger partial charge on any atom is -0.332 e. The number of anilines is 2.